The second-order valence-corrected chi connectivity index (χ2v) is 8.51. The van der Waals surface area contributed by atoms with Gasteiger partial charge in [0.05, 0.1) is 5.75 Å². The third-order valence-electron chi connectivity index (χ3n) is 4.88. The Morgan fingerprint density at radius 1 is 0.950 bits per heavy atom. The van der Waals surface area contributed by atoms with Gasteiger partial charge in [0.25, 0.3) is 0 Å². The minimum atomic E-state index is -3.05. The van der Waals surface area contributed by atoms with Crippen LogP contribution in [-0.4, -0.2) is 68.2 Å². The van der Waals surface area contributed by atoms with E-state index in [-0.39, 0.29) is 5.75 Å². The van der Waals surface area contributed by atoms with Crippen molar-refractivity contribution in [3.63, 3.8) is 0 Å². The van der Waals surface area contributed by atoms with Gasteiger partial charge in [-0.25, -0.2) is 8.42 Å². The van der Waals surface area contributed by atoms with E-state index in [1.54, 1.807) is 4.31 Å². The normalized spacial score (nSPS) is 27.2. The Hall–Kier alpha value is -0.170. The van der Waals surface area contributed by atoms with Gasteiger partial charge < -0.3 is 5.32 Å². The molecule has 6 heteroatoms. The van der Waals surface area contributed by atoms with E-state index in [9.17, 15) is 8.42 Å². The molecule has 3 fully saturated rings. The zero-order valence-electron chi connectivity index (χ0n) is 12.3. The van der Waals surface area contributed by atoms with Crippen molar-refractivity contribution >= 4 is 10.0 Å². The maximum absolute atomic E-state index is 12.3. The maximum atomic E-state index is 12.3. The molecule has 0 aromatic rings. The fraction of sp³-hybridized carbons (Fsp3) is 1.00. The molecule has 1 heterocycles. The van der Waals surface area contributed by atoms with E-state index in [2.05, 4.69) is 10.2 Å². The summed E-state index contributed by atoms with van der Waals surface area (Å²) in [7, 11) is -3.05. The van der Waals surface area contributed by atoms with Gasteiger partial charge >= 0.3 is 0 Å². The quantitative estimate of drug-likeness (QED) is 0.782. The summed E-state index contributed by atoms with van der Waals surface area (Å²) in [4.78, 5) is 2.50. The molecule has 0 radical (unpaired) electrons. The highest BCUT2D eigenvalue weighted by molar-refractivity contribution is 7.89. The van der Waals surface area contributed by atoms with Gasteiger partial charge in [0, 0.05) is 44.8 Å². The second kappa shape index (κ2) is 6.30. The van der Waals surface area contributed by atoms with Gasteiger partial charge in [0.2, 0.25) is 10.0 Å². The van der Waals surface area contributed by atoms with E-state index in [1.807, 2.05) is 0 Å². The van der Waals surface area contributed by atoms with Crippen LogP contribution in [0.25, 0.3) is 0 Å². The third-order valence-corrected chi connectivity index (χ3v) is 6.75. The molecule has 20 heavy (non-hydrogen) atoms. The molecule has 0 amide bonds. The third kappa shape index (κ3) is 3.72. The van der Waals surface area contributed by atoms with Crippen molar-refractivity contribution in [2.45, 2.75) is 50.6 Å². The summed E-state index contributed by atoms with van der Waals surface area (Å²) in [6.45, 7) is 3.81. The van der Waals surface area contributed by atoms with E-state index in [0.717, 1.165) is 19.1 Å². The van der Waals surface area contributed by atoms with Crippen LogP contribution in [0.15, 0.2) is 0 Å². The van der Waals surface area contributed by atoms with Crippen molar-refractivity contribution < 1.29 is 8.42 Å². The molecule has 1 saturated heterocycles. The molecular weight excluding hydrogens is 274 g/mol. The average Bonchev–Trinajstić information content (AvgIpc) is 3.10. The van der Waals surface area contributed by atoms with E-state index >= 15 is 0 Å². The Bertz CT molecular complexity index is 408. The standard InChI is InChI=1S/C14H27N3O2S/c18-20(19,12-7-15-13-5-6-13)17-10-8-16(9-11-17)14-3-1-2-4-14/h13-15H,1-12H2. The zero-order valence-corrected chi connectivity index (χ0v) is 13.1. The minimum Gasteiger partial charge on any atom is -0.313 e. The first-order valence-electron chi connectivity index (χ1n) is 8.10. The lowest BCUT2D eigenvalue weighted by atomic mass is 10.2. The van der Waals surface area contributed by atoms with Crippen LogP contribution < -0.4 is 5.32 Å². The molecule has 1 aliphatic heterocycles. The summed E-state index contributed by atoms with van der Waals surface area (Å²) in [5.41, 5.74) is 0. The maximum Gasteiger partial charge on any atom is 0.215 e. The molecule has 0 aromatic carbocycles. The van der Waals surface area contributed by atoms with E-state index in [1.165, 1.54) is 38.5 Å². The van der Waals surface area contributed by atoms with E-state index in [0.29, 0.717) is 25.7 Å². The largest absolute Gasteiger partial charge is 0.313 e. The van der Waals surface area contributed by atoms with E-state index < -0.39 is 10.0 Å². The summed E-state index contributed by atoms with van der Waals surface area (Å²) in [5, 5.41) is 3.29. The molecule has 0 atom stereocenters. The molecule has 0 spiro atoms. The summed E-state index contributed by atoms with van der Waals surface area (Å²) < 4.78 is 26.3. The summed E-state index contributed by atoms with van der Waals surface area (Å²) in [6, 6.07) is 1.31. The van der Waals surface area contributed by atoms with Crippen molar-refractivity contribution in [2.24, 2.45) is 0 Å². The van der Waals surface area contributed by atoms with Gasteiger partial charge in [-0.05, 0) is 25.7 Å². The molecule has 0 bridgehead atoms. The Morgan fingerprint density at radius 2 is 1.60 bits per heavy atom. The first-order valence-corrected chi connectivity index (χ1v) is 9.71. The lowest BCUT2D eigenvalue weighted by molar-refractivity contribution is 0.139. The number of hydrogen-bond acceptors (Lipinski definition) is 4. The molecule has 0 aromatic heterocycles. The Kier molecular flexibility index (Phi) is 4.65. The van der Waals surface area contributed by atoms with Crippen molar-refractivity contribution in [3.05, 3.63) is 0 Å². The van der Waals surface area contributed by atoms with Crippen LogP contribution in [-0.2, 0) is 10.0 Å². The highest BCUT2D eigenvalue weighted by atomic mass is 32.2. The molecule has 3 rings (SSSR count). The van der Waals surface area contributed by atoms with Crippen molar-refractivity contribution in [1.82, 2.24) is 14.5 Å². The van der Waals surface area contributed by atoms with Crippen LogP contribution in [0.1, 0.15) is 38.5 Å². The lowest BCUT2D eigenvalue weighted by Gasteiger charge is -2.37. The Balaban J connectivity index is 1.43. The number of nitrogens with zero attached hydrogens (tertiary/aromatic N) is 2. The first kappa shape index (κ1) is 14.8. The van der Waals surface area contributed by atoms with Gasteiger partial charge in [-0.2, -0.15) is 4.31 Å². The molecule has 116 valence electrons. The SMILES string of the molecule is O=S(=O)(CCNC1CC1)N1CCN(C2CCCC2)CC1. The molecular formula is C14H27N3O2S. The number of sulfonamides is 1. The van der Waals surface area contributed by atoms with Crippen LogP contribution in [0.2, 0.25) is 0 Å². The Morgan fingerprint density at radius 3 is 2.20 bits per heavy atom. The van der Waals surface area contributed by atoms with Gasteiger partial charge in [-0.1, -0.05) is 12.8 Å². The van der Waals surface area contributed by atoms with Crippen molar-refractivity contribution in [2.75, 3.05) is 38.5 Å². The fourth-order valence-corrected chi connectivity index (χ4v) is 4.78. The molecule has 5 nitrogen and oxygen atoms in total. The smallest absolute Gasteiger partial charge is 0.215 e. The monoisotopic (exact) mass is 301 g/mol. The lowest BCUT2D eigenvalue weighted by Crippen LogP contribution is -2.52. The van der Waals surface area contributed by atoms with Crippen LogP contribution in [0.5, 0.6) is 0 Å². The summed E-state index contributed by atoms with van der Waals surface area (Å²) in [5.74, 6) is 0.257. The number of hydrogen-bond donors (Lipinski definition) is 1. The molecule has 2 aliphatic carbocycles. The zero-order chi connectivity index (χ0) is 14.0. The highest BCUT2D eigenvalue weighted by Gasteiger charge is 2.31. The summed E-state index contributed by atoms with van der Waals surface area (Å²) >= 11 is 0. The molecule has 0 unspecified atom stereocenters. The number of rotatable bonds is 6. The van der Waals surface area contributed by atoms with Crippen LogP contribution in [0, 0.1) is 0 Å². The topological polar surface area (TPSA) is 52.7 Å². The fourth-order valence-electron chi connectivity index (χ4n) is 3.42. The number of nitrogens with one attached hydrogen (secondary N) is 1. The van der Waals surface area contributed by atoms with Crippen molar-refractivity contribution in [1.29, 1.82) is 0 Å². The van der Waals surface area contributed by atoms with Crippen LogP contribution >= 0.6 is 0 Å². The Labute approximate surface area is 122 Å². The van der Waals surface area contributed by atoms with Gasteiger partial charge in [-0.15, -0.1) is 0 Å². The predicted molar refractivity (Wildman–Crippen MR) is 80.2 cm³/mol. The van der Waals surface area contributed by atoms with Crippen molar-refractivity contribution in [3.8, 4) is 0 Å². The van der Waals surface area contributed by atoms with Crippen LogP contribution in [0.4, 0.5) is 0 Å². The summed E-state index contributed by atoms with van der Waals surface area (Å²) in [6.07, 6.45) is 7.71. The molecule has 1 N–H and O–H groups in total. The van der Waals surface area contributed by atoms with E-state index in [4.69, 9.17) is 0 Å². The number of piperazine rings is 1. The highest BCUT2D eigenvalue weighted by Crippen LogP contribution is 2.24. The van der Waals surface area contributed by atoms with Crippen LogP contribution in [0.3, 0.4) is 0 Å². The van der Waals surface area contributed by atoms with Gasteiger partial charge in [0.15, 0.2) is 0 Å². The van der Waals surface area contributed by atoms with Gasteiger partial charge in [-0.3, -0.25) is 4.90 Å². The average molecular weight is 301 g/mol. The molecule has 2 saturated carbocycles. The predicted octanol–water partition coefficient (Wildman–Crippen LogP) is 0.628. The second-order valence-electron chi connectivity index (χ2n) is 6.42. The minimum absolute atomic E-state index is 0.257. The molecule has 3 aliphatic rings. The van der Waals surface area contributed by atoms with Gasteiger partial charge in [0.1, 0.15) is 0 Å². The first-order chi connectivity index (χ1) is 9.65.